The van der Waals surface area contributed by atoms with E-state index in [0.29, 0.717) is 5.75 Å². The molecule has 0 spiro atoms. The zero-order valence-corrected chi connectivity index (χ0v) is 10.2. The van der Waals surface area contributed by atoms with E-state index < -0.39 is 0 Å². The van der Waals surface area contributed by atoms with Gasteiger partial charge in [0.1, 0.15) is 12.4 Å². The summed E-state index contributed by atoms with van der Waals surface area (Å²) in [5, 5.41) is 0. The van der Waals surface area contributed by atoms with Crippen LogP contribution in [0.25, 0.3) is 0 Å². The number of hydrogen-bond donors (Lipinski definition) is 0. The fraction of sp³-hybridized carbons (Fsp3) is 0.417. The van der Waals surface area contributed by atoms with Gasteiger partial charge in [-0.25, -0.2) is 4.39 Å². The molecule has 1 rings (SSSR count). The summed E-state index contributed by atoms with van der Waals surface area (Å²) in [6.07, 6.45) is 0.0692. The second-order valence-electron chi connectivity index (χ2n) is 3.64. The molecule has 0 unspecified atom stereocenters. The Hall–Kier alpha value is -0.870. The Kier molecular flexibility index (Phi) is 5.49. The number of carbonyl (C=O) groups is 1. The minimum absolute atomic E-state index is 0.0445. The van der Waals surface area contributed by atoms with Crippen LogP contribution in [-0.2, 0) is 9.53 Å². The zero-order valence-electron chi connectivity index (χ0n) is 9.40. The third-order valence-electron chi connectivity index (χ3n) is 1.79. The molecule has 0 radical (unpaired) electrons. The highest BCUT2D eigenvalue weighted by Gasteiger charge is 2.04. The molecule has 0 N–H and O–H groups in total. The predicted molar refractivity (Wildman–Crippen MR) is 63.2 cm³/mol. The first-order chi connectivity index (χ1) is 7.58. The number of ketones is 1. The van der Waals surface area contributed by atoms with Gasteiger partial charge in [0.25, 0.3) is 0 Å². The highest BCUT2D eigenvalue weighted by molar-refractivity contribution is 8.00. The predicted octanol–water partition coefficient (Wildman–Crippen LogP) is 2.91. The van der Waals surface area contributed by atoms with Gasteiger partial charge in [-0.2, -0.15) is 0 Å². The van der Waals surface area contributed by atoms with Crippen LogP contribution in [0, 0.1) is 5.82 Å². The molecule has 0 bridgehead atoms. The van der Waals surface area contributed by atoms with E-state index in [1.165, 1.54) is 23.9 Å². The molecule has 0 saturated heterocycles. The molecule has 0 atom stereocenters. The Morgan fingerprint density at radius 3 is 2.56 bits per heavy atom. The Bertz CT molecular complexity index is 335. The molecule has 0 heterocycles. The van der Waals surface area contributed by atoms with Crippen molar-refractivity contribution in [3.05, 3.63) is 30.1 Å². The smallest absolute Gasteiger partial charge is 0.168 e. The number of ether oxygens (including phenoxy) is 1. The van der Waals surface area contributed by atoms with Crippen LogP contribution < -0.4 is 0 Å². The fourth-order valence-corrected chi connectivity index (χ4v) is 1.74. The minimum atomic E-state index is -0.265. The standard InChI is InChI=1S/C12H15FO2S/c1-9(2)15-7-11(14)8-16-12-5-3-10(13)4-6-12/h3-6,9H,7-8H2,1-2H3. The average Bonchev–Trinajstić information content (AvgIpc) is 2.25. The summed E-state index contributed by atoms with van der Waals surface area (Å²) in [6.45, 7) is 3.92. The Morgan fingerprint density at radius 2 is 2.00 bits per heavy atom. The Labute approximate surface area is 99.2 Å². The number of thioether (sulfide) groups is 1. The lowest BCUT2D eigenvalue weighted by molar-refractivity contribution is -0.122. The van der Waals surface area contributed by atoms with Gasteiger partial charge in [-0.1, -0.05) is 0 Å². The molecule has 4 heteroatoms. The van der Waals surface area contributed by atoms with Crippen LogP contribution in [0.4, 0.5) is 4.39 Å². The van der Waals surface area contributed by atoms with Crippen LogP contribution in [-0.4, -0.2) is 24.2 Å². The number of carbonyl (C=O) groups excluding carboxylic acids is 1. The quantitative estimate of drug-likeness (QED) is 0.717. The zero-order chi connectivity index (χ0) is 12.0. The van der Waals surface area contributed by atoms with E-state index in [1.807, 2.05) is 13.8 Å². The lowest BCUT2D eigenvalue weighted by Crippen LogP contribution is -2.14. The van der Waals surface area contributed by atoms with E-state index in [0.717, 1.165) is 4.90 Å². The van der Waals surface area contributed by atoms with E-state index in [2.05, 4.69) is 0 Å². The molecular formula is C12H15FO2S. The summed E-state index contributed by atoms with van der Waals surface area (Å²) in [5.41, 5.74) is 0. The molecule has 0 aromatic heterocycles. The van der Waals surface area contributed by atoms with Crippen LogP contribution in [0.2, 0.25) is 0 Å². The first-order valence-electron chi connectivity index (χ1n) is 5.09. The minimum Gasteiger partial charge on any atom is -0.371 e. The lowest BCUT2D eigenvalue weighted by atomic mass is 10.4. The van der Waals surface area contributed by atoms with Gasteiger partial charge in [-0.15, -0.1) is 11.8 Å². The number of halogens is 1. The molecule has 88 valence electrons. The van der Waals surface area contributed by atoms with Gasteiger partial charge in [-0.05, 0) is 38.1 Å². The van der Waals surface area contributed by atoms with E-state index in [4.69, 9.17) is 4.74 Å². The van der Waals surface area contributed by atoms with Gasteiger partial charge in [0.05, 0.1) is 11.9 Å². The van der Waals surface area contributed by atoms with Crippen LogP contribution >= 0.6 is 11.8 Å². The van der Waals surface area contributed by atoms with Gasteiger partial charge >= 0.3 is 0 Å². The SMILES string of the molecule is CC(C)OCC(=O)CSc1ccc(F)cc1. The second-order valence-corrected chi connectivity index (χ2v) is 4.69. The molecule has 0 fully saturated rings. The monoisotopic (exact) mass is 242 g/mol. The fourth-order valence-electron chi connectivity index (χ4n) is 0.996. The van der Waals surface area contributed by atoms with Crippen LogP contribution in [0.3, 0.4) is 0 Å². The summed E-state index contributed by atoms with van der Waals surface area (Å²) in [4.78, 5) is 12.3. The van der Waals surface area contributed by atoms with Gasteiger partial charge in [0.15, 0.2) is 5.78 Å². The second kappa shape index (κ2) is 6.66. The number of benzene rings is 1. The van der Waals surface area contributed by atoms with E-state index >= 15 is 0 Å². The maximum Gasteiger partial charge on any atom is 0.168 e. The third-order valence-corrected chi connectivity index (χ3v) is 2.86. The van der Waals surface area contributed by atoms with Crippen molar-refractivity contribution in [1.82, 2.24) is 0 Å². The van der Waals surface area contributed by atoms with E-state index in [9.17, 15) is 9.18 Å². The Morgan fingerprint density at radius 1 is 1.38 bits per heavy atom. The van der Waals surface area contributed by atoms with Crippen molar-refractivity contribution < 1.29 is 13.9 Å². The third kappa shape index (κ3) is 5.28. The summed E-state index contributed by atoms with van der Waals surface area (Å²) < 4.78 is 17.8. The first kappa shape index (κ1) is 13.2. The molecule has 2 nitrogen and oxygen atoms in total. The number of hydrogen-bond acceptors (Lipinski definition) is 3. The van der Waals surface area contributed by atoms with Gasteiger partial charge in [0.2, 0.25) is 0 Å². The average molecular weight is 242 g/mol. The first-order valence-corrected chi connectivity index (χ1v) is 6.08. The molecule has 16 heavy (non-hydrogen) atoms. The van der Waals surface area contributed by atoms with E-state index in [1.54, 1.807) is 12.1 Å². The van der Waals surface area contributed by atoms with Gasteiger partial charge in [0, 0.05) is 4.90 Å². The summed E-state index contributed by atoms with van der Waals surface area (Å²) in [7, 11) is 0. The largest absolute Gasteiger partial charge is 0.371 e. The van der Waals surface area contributed by atoms with Gasteiger partial charge in [-0.3, -0.25) is 4.79 Å². The van der Waals surface area contributed by atoms with Crippen molar-refractivity contribution in [2.45, 2.75) is 24.8 Å². The van der Waals surface area contributed by atoms with Crippen LogP contribution in [0.5, 0.6) is 0 Å². The van der Waals surface area contributed by atoms with Crippen molar-refractivity contribution in [2.24, 2.45) is 0 Å². The highest BCUT2D eigenvalue weighted by atomic mass is 32.2. The van der Waals surface area contributed by atoms with Crippen molar-refractivity contribution in [2.75, 3.05) is 12.4 Å². The van der Waals surface area contributed by atoms with Crippen molar-refractivity contribution in [1.29, 1.82) is 0 Å². The van der Waals surface area contributed by atoms with Crippen molar-refractivity contribution >= 4 is 17.5 Å². The highest BCUT2D eigenvalue weighted by Crippen LogP contribution is 2.17. The van der Waals surface area contributed by atoms with E-state index in [-0.39, 0.29) is 24.3 Å². The molecule has 1 aromatic carbocycles. The van der Waals surface area contributed by atoms with Gasteiger partial charge < -0.3 is 4.74 Å². The summed E-state index contributed by atoms with van der Waals surface area (Å²) in [5.74, 6) is 0.139. The topological polar surface area (TPSA) is 26.3 Å². The summed E-state index contributed by atoms with van der Waals surface area (Å²) >= 11 is 1.39. The molecule has 0 amide bonds. The molecular weight excluding hydrogens is 227 g/mol. The molecule has 0 aliphatic rings. The van der Waals surface area contributed by atoms with Crippen molar-refractivity contribution in [3.8, 4) is 0 Å². The van der Waals surface area contributed by atoms with Crippen LogP contribution in [0.1, 0.15) is 13.8 Å². The molecule has 0 aliphatic heterocycles. The Balaban J connectivity index is 2.29. The normalized spacial score (nSPS) is 10.8. The molecule has 1 aromatic rings. The van der Waals surface area contributed by atoms with Crippen LogP contribution in [0.15, 0.2) is 29.2 Å². The summed E-state index contributed by atoms with van der Waals surface area (Å²) in [6, 6.07) is 6.10. The number of Topliss-reactive ketones (excluding diaryl/α,β-unsaturated/α-hetero) is 1. The van der Waals surface area contributed by atoms with Crippen molar-refractivity contribution in [3.63, 3.8) is 0 Å². The maximum atomic E-state index is 12.6. The molecule has 0 saturated carbocycles. The maximum absolute atomic E-state index is 12.6. The lowest BCUT2D eigenvalue weighted by Gasteiger charge is -2.06. The number of rotatable bonds is 6. The molecule has 0 aliphatic carbocycles.